The van der Waals surface area contributed by atoms with Gasteiger partial charge in [0.25, 0.3) is 0 Å². The predicted octanol–water partition coefficient (Wildman–Crippen LogP) is 0.213. The molecule has 1 aliphatic heterocycles. The zero-order valence-corrected chi connectivity index (χ0v) is 12.3. The zero-order chi connectivity index (χ0) is 15.0. The normalized spacial score (nSPS) is 19.1. The summed E-state index contributed by atoms with van der Waals surface area (Å²) in [4.78, 5) is 26.7. The average Bonchev–Trinajstić information content (AvgIpc) is 2.47. The van der Waals surface area contributed by atoms with Gasteiger partial charge in [-0.15, -0.1) is 0 Å². The summed E-state index contributed by atoms with van der Waals surface area (Å²) < 4.78 is 5.10. The Morgan fingerprint density at radius 3 is 2.70 bits per heavy atom. The molecule has 2 amide bonds. The van der Waals surface area contributed by atoms with Gasteiger partial charge in [-0.1, -0.05) is 13.8 Å². The maximum atomic E-state index is 12.0. The fraction of sp³-hybridized carbons (Fsp3) is 0.846. The SMILES string of the molecule is CCN(CC)CCCNC(=O)N1CCOCC1C(=O)O. The van der Waals surface area contributed by atoms with Gasteiger partial charge in [0.15, 0.2) is 6.04 Å². The van der Waals surface area contributed by atoms with Crippen molar-refractivity contribution >= 4 is 12.0 Å². The van der Waals surface area contributed by atoms with E-state index in [2.05, 4.69) is 24.1 Å². The van der Waals surface area contributed by atoms with E-state index < -0.39 is 12.0 Å². The van der Waals surface area contributed by atoms with Gasteiger partial charge < -0.3 is 25.0 Å². The van der Waals surface area contributed by atoms with Crippen LogP contribution in [0.2, 0.25) is 0 Å². The van der Waals surface area contributed by atoms with E-state index in [1.807, 2.05) is 0 Å². The summed E-state index contributed by atoms with van der Waals surface area (Å²) in [6, 6.07) is -1.20. The number of carbonyl (C=O) groups is 2. The van der Waals surface area contributed by atoms with Crippen LogP contribution in [0.4, 0.5) is 4.79 Å². The molecule has 0 saturated carbocycles. The Balaban J connectivity index is 2.32. The van der Waals surface area contributed by atoms with Gasteiger partial charge in [-0.05, 0) is 26.1 Å². The van der Waals surface area contributed by atoms with Crippen LogP contribution in [0.25, 0.3) is 0 Å². The second-order valence-corrected chi connectivity index (χ2v) is 4.73. The van der Waals surface area contributed by atoms with Crippen molar-refractivity contribution in [1.29, 1.82) is 0 Å². The monoisotopic (exact) mass is 287 g/mol. The van der Waals surface area contributed by atoms with Crippen molar-refractivity contribution in [3.05, 3.63) is 0 Å². The minimum absolute atomic E-state index is 0.0577. The molecule has 7 nitrogen and oxygen atoms in total. The second kappa shape index (κ2) is 8.76. The summed E-state index contributed by atoms with van der Waals surface area (Å²) >= 11 is 0. The third-order valence-electron chi connectivity index (χ3n) is 3.50. The molecule has 0 radical (unpaired) electrons. The summed E-state index contributed by atoms with van der Waals surface area (Å²) in [7, 11) is 0. The molecule has 1 atom stereocenters. The number of rotatable bonds is 7. The molecule has 20 heavy (non-hydrogen) atoms. The summed E-state index contributed by atoms with van der Waals surface area (Å²) in [6.07, 6.45) is 0.857. The minimum Gasteiger partial charge on any atom is -0.480 e. The van der Waals surface area contributed by atoms with E-state index in [9.17, 15) is 9.59 Å². The Bertz CT molecular complexity index is 321. The van der Waals surface area contributed by atoms with E-state index in [0.29, 0.717) is 19.7 Å². The number of morpholine rings is 1. The van der Waals surface area contributed by atoms with Crippen LogP contribution in [0.3, 0.4) is 0 Å². The lowest BCUT2D eigenvalue weighted by molar-refractivity contribution is -0.147. The van der Waals surface area contributed by atoms with Crippen molar-refractivity contribution < 1.29 is 19.4 Å². The molecule has 0 aliphatic carbocycles. The molecule has 0 bridgehead atoms. The number of urea groups is 1. The molecule has 7 heteroatoms. The van der Waals surface area contributed by atoms with Gasteiger partial charge in [0.2, 0.25) is 0 Å². The van der Waals surface area contributed by atoms with Crippen molar-refractivity contribution in [1.82, 2.24) is 15.1 Å². The average molecular weight is 287 g/mol. The van der Waals surface area contributed by atoms with Crippen LogP contribution in [0.5, 0.6) is 0 Å². The van der Waals surface area contributed by atoms with E-state index in [4.69, 9.17) is 9.84 Å². The number of carbonyl (C=O) groups excluding carboxylic acids is 1. The predicted molar refractivity (Wildman–Crippen MR) is 74.8 cm³/mol. The van der Waals surface area contributed by atoms with Crippen molar-refractivity contribution in [3.8, 4) is 0 Å². The van der Waals surface area contributed by atoms with Crippen LogP contribution >= 0.6 is 0 Å². The molecule has 1 rings (SSSR count). The first-order valence-corrected chi connectivity index (χ1v) is 7.17. The van der Waals surface area contributed by atoms with Crippen molar-refractivity contribution in [2.45, 2.75) is 26.3 Å². The molecule has 0 spiro atoms. The van der Waals surface area contributed by atoms with Crippen LogP contribution in [0, 0.1) is 0 Å². The number of amides is 2. The molecule has 2 N–H and O–H groups in total. The Morgan fingerprint density at radius 2 is 2.10 bits per heavy atom. The number of hydrogen-bond donors (Lipinski definition) is 2. The third kappa shape index (κ3) is 4.97. The lowest BCUT2D eigenvalue weighted by Gasteiger charge is -2.32. The maximum Gasteiger partial charge on any atom is 0.328 e. The molecular weight excluding hydrogens is 262 g/mol. The number of hydrogen-bond acceptors (Lipinski definition) is 4. The zero-order valence-electron chi connectivity index (χ0n) is 12.3. The summed E-state index contributed by atoms with van der Waals surface area (Å²) in [5.41, 5.74) is 0. The molecule has 1 fully saturated rings. The number of carboxylic acids is 1. The number of carboxylic acid groups (broad SMARTS) is 1. The molecule has 116 valence electrons. The standard InChI is InChI=1S/C13H25N3O4/c1-3-15(4-2)7-5-6-14-13(19)16-8-9-20-10-11(16)12(17)18/h11H,3-10H2,1-2H3,(H,14,19)(H,17,18). The number of aliphatic carboxylic acids is 1. The van der Waals surface area contributed by atoms with Gasteiger partial charge in [-0.2, -0.15) is 0 Å². The van der Waals surface area contributed by atoms with Gasteiger partial charge in [-0.3, -0.25) is 0 Å². The molecule has 0 aromatic heterocycles. The van der Waals surface area contributed by atoms with E-state index in [1.54, 1.807) is 0 Å². The minimum atomic E-state index is -1.03. The fourth-order valence-electron chi connectivity index (χ4n) is 2.19. The molecule has 1 saturated heterocycles. The molecule has 1 unspecified atom stereocenters. The first kappa shape index (κ1) is 16.7. The highest BCUT2D eigenvalue weighted by atomic mass is 16.5. The largest absolute Gasteiger partial charge is 0.480 e. The topological polar surface area (TPSA) is 82.1 Å². The Hall–Kier alpha value is -1.34. The number of nitrogens with zero attached hydrogens (tertiary/aromatic N) is 2. The molecular formula is C13H25N3O4. The number of ether oxygens (including phenoxy) is 1. The fourth-order valence-corrected chi connectivity index (χ4v) is 2.19. The van der Waals surface area contributed by atoms with E-state index in [0.717, 1.165) is 26.1 Å². The highest BCUT2D eigenvalue weighted by Crippen LogP contribution is 2.07. The van der Waals surface area contributed by atoms with Crippen LogP contribution < -0.4 is 5.32 Å². The number of nitrogens with one attached hydrogen (secondary N) is 1. The first-order valence-electron chi connectivity index (χ1n) is 7.17. The smallest absolute Gasteiger partial charge is 0.328 e. The molecule has 0 aromatic carbocycles. The van der Waals surface area contributed by atoms with Crippen molar-refractivity contribution in [2.75, 3.05) is 45.9 Å². The van der Waals surface area contributed by atoms with Crippen LogP contribution in [-0.4, -0.2) is 78.9 Å². The van der Waals surface area contributed by atoms with E-state index >= 15 is 0 Å². The van der Waals surface area contributed by atoms with Gasteiger partial charge >= 0.3 is 12.0 Å². The Labute approximate surface area is 119 Å². The second-order valence-electron chi connectivity index (χ2n) is 4.73. The summed E-state index contributed by atoms with van der Waals surface area (Å²) in [5.74, 6) is -1.03. The van der Waals surface area contributed by atoms with Gasteiger partial charge in [-0.25, -0.2) is 9.59 Å². The quantitative estimate of drug-likeness (QED) is 0.654. The lowest BCUT2D eigenvalue weighted by Crippen LogP contribution is -2.55. The molecule has 0 aromatic rings. The Kier molecular flexibility index (Phi) is 7.32. The maximum absolute atomic E-state index is 12.0. The summed E-state index contributed by atoms with van der Waals surface area (Å²) in [5, 5.41) is 11.8. The van der Waals surface area contributed by atoms with Gasteiger partial charge in [0.05, 0.1) is 13.2 Å². The highest BCUT2D eigenvalue weighted by Gasteiger charge is 2.32. The van der Waals surface area contributed by atoms with Crippen molar-refractivity contribution in [2.24, 2.45) is 0 Å². The molecule has 1 aliphatic rings. The Morgan fingerprint density at radius 1 is 1.40 bits per heavy atom. The lowest BCUT2D eigenvalue weighted by atomic mass is 10.2. The third-order valence-corrected chi connectivity index (χ3v) is 3.50. The summed E-state index contributed by atoms with van der Waals surface area (Å²) in [6.45, 7) is 8.44. The highest BCUT2D eigenvalue weighted by molar-refractivity contribution is 5.82. The molecule has 1 heterocycles. The van der Waals surface area contributed by atoms with Gasteiger partial charge in [0.1, 0.15) is 0 Å². The van der Waals surface area contributed by atoms with Crippen LogP contribution in [-0.2, 0) is 9.53 Å². The van der Waals surface area contributed by atoms with Crippen LogP contribution in [0.15, 0.2) is 0 Å². The van der Waals surface area contributed by atoms with Gasteiger partial charge in [0, 0.05) is 13.1 Å². The van der Waals surface area contributed by atoms with E-state index in [-0.39, 0.29) is 12.6 Å². The first-order chi connectivity index (χ1) is 9.60. The van der Waals surface area contributed by atoms with Crippen LogP contribution in [0.1, 0.15) is 20.3 Å². The van der Waals surface area contributed by atoms with Crippen molar-refractivity contribution in [3.63, 3.8) is 0 Å². The van der Waals surface area contributed by atoms with E-state index in [1.165, 1.54) is 4.90 Å².